The van der Waals surface area contributed by atoms with Gasteiger partial charge in [-0.1, -0.05) is 15.9 Å². The number of hydrogen-bond donors (Lipinski definition) is 2. The Kier molecular flexibility index (Phi) is 4.26. The first-order chi connectivity index (χ1) is 9.38. The third-order valence-corrected chi connectivity index (χ3v) is 4.28. The van der Waals surface area contributed by atoms with Crippen LogP contribution >= 0.6 is 15.9 Å². The van der Waals surface area contributed by atoms with E-state index in [1.807, 2.05) is 0 Å². The number of nitrogens with one attached hydrogen (secondary N) is 1. The fourth-order valence-corrected chi connectivity index (χ4v) is 3.21. The lowest BCUT2D eigenvalue weighted by Crippen LogP contribution is -2.23. The lowest BCUT2D eigenvalue weighted by atomic mass is 10.2. The fourth-order valence-electron chi connectivity index (χ4n) is 1.50. The Morgan fingerprint density at radius 1 is 1.35 bits per heavy atom. The lowest BCUT2D eigenvalue weighted by molar-refractivity contribution is 0.0696. The molecule has 2 aromatic rings. The highest BCUT2D eigenvalue weighted by atomic mass is 79.9. The molecule has 0 bridgehead atoms. The molecular formula is C12H10BrNO5S. The highest BCUT2D eigenvalue weighted by Crippen LogP contribution is 2.20. The number of sulfonamides is 1. The smallest absolute Gasteiger partial charge is 0.335 e. The molecule has 0 unspecified atom stereocenters. The monoisotopic (exact) mass is 359 g/mol. The van der Waals surface area contributed by atoms with E-state index in [4.69, 9.17) is 9.52 Å². The lowest BCUT2D eigenvalue weighted by Gasteiger charge is -2.07. The maximum atomic E-state index is 12.1. The van der Waals surface area contributed by atoms with Gasteiger partial charge in [0.05, 0.1) is 23.3 Å². The van der Waals surface area contributed by atoms with E-state index in [9.17, 15) is 13.2 Å². The number of carboxylic acids is 1. The van der Waals surface area contributed by atoms with E-state index >= 15 is 0 Å². The van der Waals surface area contributed by atoms with Gasteiger partial charge in [-0.05, 0) is 30.3 Å². The Hall–Kier alpha value is -1.64. The summed E-state index contributed by atoms with van der Waals surface area (Å²) in [5.74, 6) is -0.740. The van der Waals surface area contributed by atoms with E-state index in [2.05, 4.69) is 20.7 Å². The molecule has 0 fully saturated rings. The van der Waals surface area contributed by atoms with Crippen LogP contribution in [0.2, 0.25) is 0 Å². The molecule has 2 N–H and O–H groups in total. The first kappa shape index (κ1) is 14.8. The molecule has 0 saturated heterocycles. The molecule has 2 rings (SSSR count). The average molecular weight is 360 g/mol. The van der Waals surface area contributed by atoms with Gasteiger partial charge in [-0.2, -0.15) is 0 Å². The second kappa shape index (κ2) is 5.78. The van der Waals surface area contributed by atoms with Crippen LogP contribution in [-0.4, -0.2) is 19.5 Å². The summed E-state index contributed by atoms with van der Waals surface area (Å²) in [5.41, 5.74) is -0.113. The number of carboxylic acid groups (broad SMARTS) is 1. The molecule has 6 nitrogen and oxygen atoms in total. The second-order valence-corrected chi connectivity index (χ2v) is 6.57. The van der Waals surface area contributed by atoms with Gasteiger partial charge in [0, 0.05) is 4.47 Å². The van der Waals surface area contributed by atoms with Crippen LogP contribution in [0.15, 0.2) is 50.4 Å². The van der Waals surface area contributed by atoms with E-state index in [1.165, 1.54) is 18.4 Å². The molecule has 1 aromatic carbocycles. The standard InChI is InChI=1S/C12H10BrNO5S/c13-9-4-8(12(15)16)5-11(6-9)20(17,18)14-7-10-2-1-3-19-10/h1-6,14H,7H2,(H,15,16). The van der Waals surface area contributed by atoms with Gasteiger partial charge in [-0.15, -0.1) is 0 Å². The minimum atomic E-state index is -3.82. The molecule has 20 heavy (non-hydrogen) atoms. The zero-order valence-electron chi connectivity index (χ0n) is 10.0. The molecular weight excluding hydrogens is 350 g/mol. The van der Waals surface area contributed by atoms with Crippen LogP contribution in [0.3, 0.4) is 0 Å². The summed E-state index contributed by atoms with van der Waals surface area (Å²) in [7, 11) is -3.82. The molecule has 0 saturated carbocycles. The maximum Gasteiger partial charge on any atom is 0.335 e. The maximum absolute atomic E-state index is 12.1. The molecule has 0 amide bonds. The van der Waals surface area contributed by atoms with E-state index < -0.39 is 16.0 Å². The minimum absolute atomic E-state index is 0.00967. The Morgan fingerprint density at radius 2 is 2.10 bits per heavy atom. The van der Waals surface area contributed by atoms with E-state index in [-0.39, 0.29) is 17.0 Å². The number of aromatic carboxylic acids is 1. The van der Waals surface area contributed by atoms with Crippen LogP contribution in [0.1, 0.15) is 16.1 Å². The quantitative estimate of drug-likeness (QED) is 0.852. The number of benzene rings is 1. The van der Waals surface area contributed by atoms with Gasteiger partial charge in [0.2, 0.25) is 10.0 Å². The number of carbonyl (C=O) groups is 1. The van der Waals surface area contributed by atoms with Crippen molar-refractivity contribution in [2.75, 3.05) is 0 Å². The molecule has 0 spiro atoms. The highest BCUT2D eigenvalue weighted by Gasteiger charge is 2.17. The first-order valence-electron chi connectivity index (χ1n) is 5.44. The van der Waals surface area contributed by atoms with Crippen molar-refractivity contribution in [1.82, 2.24) is 4.72 Å². The van der Waals surface area contributed by atoms with Gasteiger partial charge in [-0.25, -0.2) is 17.9 Å². The van der Waals surface area contributed by atoms with Crippen molar-refractivity contribution in [2.45, 2.75) is 11.4 Å². The van der Waals surface area contributed by atoms with Gasteiger partial charge < -0.3 is 9.52 Å². The molecule has 0 aliphatic carbocycles. The van der Waals surface area contributed by atoms with Gasteiger partial charge in [0.1, 0.15) is 5.76 Å². The van der Waals surface area contributed by atoms with Gasteiger partial charge in [0.25, 0.3) is 0 Å². The van der Waals surface area contributed by atoms with Gasteiger partial charge >= 0.3 is 5.97 Å². The first-order valence-corrected chi connectivity index (χ1v) is 7.72. The Bertz CT molecular complexity index is 724. The van der Waals surface area contributed by atoms with Crippen LogP contribution in [0.4, 0.5) is 0 Å². The van der Waals surface area contributed by atoms with Crippen molar-refractivity contribution in [3.63, 3.8) is 0 Å². The Labute approximate surface area is 123 Å². The summed E-state index contributed by atoms with van der Waals surface area (Å²) in [6.07, 6.45) is 1.44. The Balaban J connectivity index is 2.27. The summed E-state index contributed by atoms with van der Waals surface area (Å²) in [5, 5.41) is 8.93. The van der Waals surface area contributed by atoms with Gasteiger partial charge in [-0.3, -0.25) is 0 Å². The largest absolute Gasteiger partial charge is 0.478 e. The summed E-state index contributed by atoms with van der Waals surface area (Å²) in [6.45, 7) is -0.00967. The summed E-state index contributed by atoms with van der Waals surface area (Å²) >= 11 is 3.09. The summed E-state index contributed by atoms with van der Waals surface area (Å²) in [6, 6.07) is 7.03. The van der Waals surface area contributed by atoms with Crippen molar-refractivity contribution < 1.29 is 22.7 Å². The van der Waals surface area contributed by atoms with Crippen LogP contribution in [0.5, 0.6) is 0 Å². The zero-order chi connectivity index (χ0) is 14.8. The molecule has 0 aliphatic rings. The number of hydrogen-bond acceptors (Lipinski definition) is 4. The minimum Gasteiger partial charge on any atom is -0.478 e. The topological polar surface area (TPSA) is 96.6 Å². The predicted octanol–water partition coefficient (Wildman–Crippen LogP) is 2.22. The number of rotatable bonds is 5. The molecule has 0 atom stereocenters. The average Bonchev–Trinajstić information content (AvgIpc) is 2.89. The molecule has 8 heteroatoms. The number of halogens is 1. The number of furan rings is 1. The molecule has 0 aliphatic heterocycles. The van der Waals surface area contributed by atoms with Crippen molar-refractivity contribution in [1.29, 1.82) is 0 Å². The highest BCUT2D eigenvalue weighted by molar-refractivity contribution is 9.10. The van der Waals surface area contributed by atoms with Crippen LogP contribution in [0, 0.1) is 0 Å². The molecule has 106 valence electrons. The second-order valence-electron chi connectivity index (χ2n) is 3.88. The van der Waals surface area contributed by atoms with Crippen LogP contribution < -0.4 is 4.72 Å². The van der Waals surface area contributed by atoms with E-state index in [0.717, 1.165) is 6.07 Å². The molecule has 1 heterocycles. The van der Waals surface area contributed by atoms with Crippen molar-refractivity contribution in [3.05, 3.63) is 52.4 Å². The molecule has 0 radical (unpaired) electrons. The normalized spacial score (nSPS) is 11.4. The van der Waals surface area contributed by atoms with Crippen molar-refractivity contribution in [2.24, 2.45) is 0 Å². The predicted molar refractivity (Wildman–Crippen MR) is 73.8 cm³/mol. The summed E-state index contributed by atoms with van der Waals surface area (Å²) < 4.78 is 31.9. The van der Waals surface area contributed by atoms with E-state index in [1.54, 1.807) is 12.1 Å². The Morgan fingerprint density at radius 3 is 2.70 bits per heavy atom. The zero-order valence-corrected chi connectivity index (χ0v) is 12.4. The van der Waals surface area contributed by atoms with Crippen LogP contribution in [-0.2, 0) is 16.6 Å². The third kappa shape index (κ3) is 3.47. The van der Waals surface area contributed by atoms with Crippen molar-refractivity contribution >= 4 is 31.9 Å². The SMILES string of the molecule is O=C(O)c1cc(Br)cc(S(=O)(=O)NCc2ccco2)c1. The van der Waals surface area contributed by atoms with Crippen LogP contribution in [0.25, 0.3) is 0 Å². The van der Waals surface area contributed by atoms with Crippen molar-refractivity contribution in [3.8, 4) is 0 Å². The van der Waals surface area contributed by atoms with Gasteiger partial charge in [0.15, 0.2) is 0 Å². The molecule has 1 aromatic heterocycles. The summed E-state index contributed by atoms with van der Waals surface area (Å²) in [4.78, 5) is 10.8. The third-order valence-electron chi connectivity index (χ3n) is 2.45. The van der Waals surface area contributed by atoms with E-state index in [0.29, 0.717) is 10.2 Å². The fraction of sp³-hybridized carbons (Fsp3) is 0.0833.